The number of methoxy groups -OCH3 is 1. The third-order valence-electron chi connectivity index (χ3n) is 6.00. The molecule has 8 nitrogen and oxygen atoms in total. The van der Waals surface area contributed by atoms with Gasteiger partial charge in [0.15, 0.2) is 0 Å². The second kappa shape index (κ2) is 9.68. The minimum atomic E-state index is -0.888. The molecule has 0 radical (unpaired) electrons. The molecule has 1 aromatic carbocycles. The summed E-state index contributed by atoms with van der Waals surface area (Å²) in [5.74, 6) is 0.586. The van der Waals surface area contributed by atoms with Gasteiger partial charge in [0.05, 0.1) is 13.7 Å². The predicted octanol–water partition coefficient (Wildman–Crippen LogP) is 2.04. The first-order valence-corrected chi connectivity index (χ1v) is 11.0. The molecular weight excluding hydrogens is 398 g/mol. The minimum Gasteiger partial charge on any atom is -0.497 e. The van der Waals surface area contributed by atoms with Gasteiger partial charge in [0.25, 0.3) is 5.91 Å². The summed E-state index contributed by atoms with van der Waals surface area (Å²) < 4.78 is 11.4. The number of piperidine rings is 1. The Morgan fingerprint density at radius 2 is 1.84 bits per heavy atom. The summed E-state index contributed by atoms with van der Waals surface area (Å²) in [6.07, 6.45) is 1.41. The molecule has 0 bridgehead atoms. The van der Waals surface area contributed by atoms with Gasteiger partial charge < -0.3 is 19.7 Å². The number of benzene rings is 1. The van der Waals surface area contributed by atoms with Crippen molar-refractivity contribution >= 4 is 17.7 Å². The highest BCUT2D eigenvalue weighted by Gasteiger charge is 2.54. The highest BCUT2D eigenvalue weighted by atomic mass is 16.5. The molecule has 8 heteroatoms. The van der Waals surface area contributed by atoms with Crippen LogP contribution in [-0.2, 0) is 14.3 Å². The lowest BCUT2D eigenvalue weighted by molar-refractivity contribution is -0.143. The molecule has 170 valence electrons. The zero-order chi connectivity index (χ0) is 22.6. The van der Waals surface area contributed by atoms with Gasteiger partial charge in [0.1, 0.15) is 17.5 Å². The fourth-order valence-electron chi connectivity index (χ4n) is 4.19. The number of rotatable bonds is 6. The topological polar surface area (TPSA) is 88.2 Å². The van der Waals surface area contributed by atoms with E-state index in [0.717, 1.165) is 0 Å². The Bertz CT molecular complexity index is 800. The van der Waals surface area contributed by atoms with Crippen molar-refractivity contribution in [2.24, 2.45) is 5.92 Å². The van der Waals surface area contributed by atoms with E-state index < -0.39 is 11.8 Å². The Morgan fingerprint density at radius 3 is 2.39 bits per heavy atom. The smallest absolute Gasteiger partial charge is 0.256 e. The summed E-state index contributed by atoms with van der Waals surface area (Å²) in [4.78, 5) is 42.1. The molecule has 0 saturated carbocycles. The van der Waals surface area contributed by atoms with Crippen LogP contribution in [0.15, 0.2) is 24.3 Å². The summed E-state index contributed by atoms with van der Waals surface area (Å²) >= 11 is 0. The Morgan fingerprint density at radius 1 is 1.19 bits per heavy atom. The van der Waals surface area contributed by atoms with Crippen molar-refractivity contribution in [3.63, 3.8) is 0 Å². The molecule has 0 unspecified atom stereocenters. The fraction of sp³-hybridized carbons (Fsp3) is 0.609. The molecule has 1 aromatic rings. The quantitative estimate of drug-likeness (QED) is 0.745. The normalized spacial score (nSPS) is 20.2. The van der Waals surface area contributed by atoms with Crippen molar-refractivity contribution in [2.45, 2.75) is 51.8 Å². The largest absolute Gasteiger partial charge is 0.497 e. The van der Waals surface area contributed by atoms with Crippen LogP contribution in [0.1, 0.15) is 50.4 Å². The maximum atomic E-state index is 13.6. The highest BCUT2D eigenvalue weighted by Crippen LogP contribution is 2.38. The zero-order valence-electron chi connectivity index (χ0n) is 18.8. The van der Waals surface area contributed by atoms with E-state index in [2.05, 4.69) is 5.32 Å². The number of nitrogens with zero attached hydrogens (tertiary/aromatic N) is 2. The van der Waals surface area contributed by atoms with Gasteiger partial charge in [-0.05, 0) is 30.2 Å². The molecule has 2 fully saturated rings. The number of nitrogens with one attached hydrogen (secondary N) is 1. The number of amides is 3. The highest BCUT2D eigenvalue weighted by molar-refractivity contribution is 5.98. The van der Waals surface area contributed by atoms with Crippen LogP contribution in [0.4, 0.5) is 0 Å². The summed E-state index contributed by atoms with van der Waals surface area (Å²) in [6.45, 7) is 7.56. The number of carbonyl (C=O) groups excluding carboxylic acids is 3. The van der Waals surface area contributed by atoms with E-state index in [-0.39, 0.29) is 24.3 Å². The van der Waals surface area contributed by atoms with Crippen LogP contribution in [-0.4, -0.2) is 72.6 Å². The first-order valence-electron chi connectivity index (χ1n) is 11.0. The maximum absolute atomic E-state index is 13.6. The van der Waals surface area contributed by atoms with Gasteiger partial charge in [-0.2, -0.15) is 0 Å². The van der Waals surface area contributed by atoms with Crippen LogP contribution in [0.5, 0.6) is 5.75 Å². The summed E-state index contributed by atoms with van der Waals surface area (Å²) in [5.41, 5.74) is -0.416. The lowest BCUT2D eigenvalue weighted by Gasteiger charge is -2.44. The third-order valence-corrected chi connectivity index (χ3v) is 6.00. The summed E-state index contributed by atoms with van der Waals surface area (Å²) in [7, 11) is 1.57. The minimum absolute atomic E-state index is 0.0899. The van der Waals surface area contributed by atoms with Gasteiger partial charge >= 0.3 is 0 Å². The SMILES string of the molecule is CCC(=O)N1CCC2(CC1)OC[C@@H](C(=O)NCC(C)C)N2C(=O)c1ccc(OC)cc1. The molecular formula is C23H33N3O5. The molecule has 3 rings (SSSR count). The van der Waals surface area contributed by atoms with Crippen LogP contribution < -0.4 is 10.1 Å². The van der Waals surface area contributed by atoms with E-state index in [1.165, 1.54) is 0 Å². The van der Waals surface area contributed by atoms with E-state index >= 15 is 0 Å². The van der Waals surface area contributed by atoms with E-state index in [9.17, 15) is 14.4 Å². The van der Waals surface area contributed by atoms with Crippen molar-refractivity contribution in [3.8, 4) is 5.75 Å². The average molecular weight is 432 g/mol. The number of likely N-dealkylation sites (tertiary alicyclic amines) is 1. The monoisotopic (exact) mass is 431 g/mol. The number of hydrogen-bond acceptors (Lipinski definition) is 5. The lowest BCUT2D eigenvalue weighted by Crippen LogP contribution is -2.60. The number of carbonyl (C=O) groups is 3. The summed E-state index contributed by atoms with van der Waals surface area (Å²) in [6, 6.07) is 6.15. The van der Waals surface area contributed by atoms with E-state index in [1.807, 2.05) is 20.8 Å². The molecule has 2 aliphatic rings. The van der Waals surface area contributed by atoms with Crippen LogP contribution in [0.25, 0.3) is 0 Å². The van der Waals surface area contributed by atoms with Crippen molar-refractivity contribution in [1.29, 1.82) is 0 Å². The molecule has 3 amide bonds. The van der Waals surface area contributed by atoms with E-state index in [0.29, 0.717) is 56.1 Å². The predicted molar refractivity (Wildman–Crippen MR) is 116 cm³/mol. The van der Waals surface area contributed by atoms with Gasteiger partial charge in [0.2, 0.25) is 11.8 Å². The third kappa shape index (κ3) is 4.84. The van der Waals surface area contributed by atoms with Crippen LogP contribution in [0.3, 0.4) is 0 Å². The molecule has 1 N–H and O–H groups in total. The van der Waals surface area contributed by atoms with Crippen molar-refractivity contribution in [3.05, 3.63) is 29.8 Å². The molecule has 2 saturated heterocycles. The average Bonchev–Trinajstić information content (AvgIpc) is 3.15. The molecule has 2 heterocycles. The molecule has 0 aromatic heterocycles. The second-order valence-corrected chi connectivity index (χ2v) is 8.55. The maximum Gasteiger partial charge on any atom is 0.256 e. The van der Waals surface area contributed by atoms with Crippen molar-refractivity contribution < 1.29 is 23.9 Å². The van der Waals surface area contributed by atoms with E-state index in [4.69, 9.17) is 9.47 Å². The Labute approximate surface area is 183 Å². The Balaban J connectivity index is 1.86. The Kier molecular flexibility index (Phi) is 7.20. The van der Waals surface area contributed by atoms with Crippen LogP contribution in [0, 0.1) is 5.92 Å². The fourth-order valence-corrected chi connectivity index (χ4v) is 4.19. The van der Waals surface area contributed by atoms with Gasteiger partial charge in [0, 0.05) is 44.5 Å². The first-order chi connectivity index (χ1) is 14.8. The lowest BCUT2D eigenvalue weighted by atomic mass is 9.96. The molecule has 2 aliphatic heterocycles. The van der Waals surface area contributed by atoms with Crippen molar-refractivity contribution in [1.82, 2.24) is 15.1 Å². The standard InChI is InChI=1S/C23H33N3O5/c1-5-20(27)25-12-10-23(11-13-25)26(19(15-31-23)21(28)24-14-16(2)3)22(29)17-6-8-18(30-4)9-7-17/h6-9,16,19H,5,10-15H2,1-4H3,(H,24,28)/t19-/m0/s1. The molecule has 31 heavy (non-hydrogen) atoms. The van der Waals surface area contributed by atoms with E-state index in [1.54, 1.807) is 41.2 Å². The Hall–Kier alpha value is -2.61. The van der Waals surface area contributed by atoms with Crippen LogP contribution in [0.2, 0.25) is 0 Å². The molecule has 1 atom stereocenters. The summed E-state index contributed by atoms with van der Waals surface area (Å²) in [5, 5.41) is 2.94. The van der Waals surface area contributed by atoms with Gasteiger partial charge in [-0.3, -0.25) is 19.3 Å². The molecule has 0 aliphatic carbocycles. The van der Waals surface area contributed by atoms with Gasteiger partial charge in [-0.1, -0.05) is 20.8 Å². The number of ether oxygens (including phenoxy) is 2. The van der Waals surface area contributed by atoms with Crippen molar-refractivity contribution in [2.75, 3.05) is 33.4 Å². The zero-order valence-corrected chi connectivity index (χ0v) is 18.8. The molecule has 1 spiro atoms. The van der Waals surface area contributed by atoms with Crippen LogP contribution >= 0.6 is 0 Å². The second-order valence-electron chi connectivity index (χ2n) is 8.55. The number of hydrogen-bond donors (Lipinski definition) is 1. The van der Waals surface area contributed by atoms with Gasteiger partial charge in [-0.15, -0.1) is 0 Å². The van der Waals surface area contributed by atoms with Gasteiger partial charge in [-0.25, -0.2) is 0 Å². The first kappa shape index (κ1) is 23.1.